The monoisotopic (exact) mass is 576 g/mol. The molecule has 0 unspecified atom stereocenters. The number of hydrogen-bond acceptors (Lipinski definition) is 2. The minimum Gasteiger partial charge on any atom is -0.455 e. The first-order valence-corrected chi connectivity index (χ1v) is 15.3. The first kappa shape index (κ1) is 25.4. The molecule has 0 fully saturated rings. The first-order valence-electron chi connectivity index (χ1n) is 15.3. The van der Waals surface area contributed by atoms with Crippen LogP contribution in [-0.4, -0.2) is 4.57 Å². The van der Waals surface area contributed by atoms with Gasteiger partial charge in [0.25, 0.3) is 0 Å². The topological polar surface area (TPSA) is 30.1 Å². The zero-order valence-corrected chi connectivity index (χ0v) is 24.4. The summed E-state index contributed by atoms with van der Waals surface area (Å²) in [6.45, 7) is 0. The highest BCUT2D eigenvalue weighted by atomic mass is 16.3. The Balaban J connectivity index is 1.25. The molecule has 0 aliphatic carbocycles. The van der Waals surface area contributed by atoms with E-state index in [9.17, 15) is 0 Å². The minimum atomic E-state index is 0.897. The summed E-state index contributed by atoms with van der Waals surface area (Å²) in [6, 6.07) is 57.8. The van der Waals surface area contributed by atoms with Crippen molar-refractivity contribution in [2.45, 2.75) is 0 Å². The fraction of sp³-hybridized carbons (Fsp3) is 0. The van der Waals surface area contributed by atoms with Gasteiger partial charge < -0.3 is 14.3 Å². The molecule has 1 N–H and O–H groups in total. The van der Waals surface area contributed by atoms with Gasteiger partial charge in [0, 0.05) is 49.7 Å². The number of hydrogen-bond donors (Lipinski definition) is 1. The van der Waals surface area contributed by atoms with Crippen LogP contribution in [0.15, 0.2) is 168 Å². The number of para-hydroxylation sites is 5. The number of furan rings is 1. The van der Waals surface area contributed by atoms with Gasteiger partial charge in [-0.2, -0.15) is 0 Å². The van der Waals surface area contributed by atoms with E-state index in [0.717, 1.165) is 55.7 Å². The normalized spacial score (nSPS) is 11.6. The van der Waals surface area contributed by atoms with E-state index in [1.165, 1.54) is 27.4 Å². The number of nitrogens with one attached hydrogen (secondary N) is 1. The van der Waals surface area contributed by atoms with Gasteiger partial charge >= 0.3 is 0 Å². The standard InChI is InChI=1S/C42H28N2O/c1-3-12-30(13-4-1)43-38-24-22-28(26-36(38)35-19-11-18-34-33-17-8-10-21-41(33)45-42(34)35)29-23-25-40-37(27-29)32-16-7-9-20-39(32)44(40)31-14-5-2-6-15-31/h1-27,43H. The van der Waals surface area contributed by atoms with Crippen molar-refractivity contribution in [3.8, 4) is 27.9 Å². The van der Waals surface area contributed by atoms with E-state index in [1.54, 1.807) is 0 Å². The highest BCUT2D eigenvalue weighted by molar-refractivity contribution is 6.12. The van der Waals surface area contributed by atoms with Crippen molar-refractivity contribution in [1.82, 2.24) is 4.57 Å². The number of anilines is 2. The Bertz CT molecular complexity index is 2510. The Morgan fingerprint density at radius 1 is 0.444 bits per heavy atom. The van der Waals surface area contributed by atoms with E-state index in [2.05, 4.69) is 155 Å². The van der Waals surface area contributed by atoms with Crippen LogP contribution in [0.1, 0.15) is 0 Å². The predicted octanol–water partition coefficient (Wildman–Crippen LogP) is 11.8. The molecular formula is C42H28N2O. The van der Waals surface area contributed by atoms with Crippen molar-refractivity contribution < 1.29 is 4.42 Å². The van der Waals surface area contributed by atoms with Crippen LogP contribution < -0.4 is 5.32 Å². The van der Waals surface area contributed by atoms with Crippen molar-refractivity contribution in [2.75, 3.05) is 5.32 Å². The summed E-state index contributed by atoms with van der Waals surface area (Å²) >= 11 is 0. The quantitative estimate of drug-likeness (QED) is 0.221. The molecule has 212 valence electrons. The average molecular weight is 577 g/mol. The third-order valence-electron chi connectivity index (χ3n) is 8.79. The van der Waals surface area contributed by atoms with Gasteiger partial charge in [-0.1, -0.05) is 103 Å². The van der Waals surface area contributed by atoms with Crippen molar-refractivity contribution >= 4 is 55.1 Å². The van der Waals surface area contributed by atoms with Crippen LogP contribution in [0.3, 0.4) is 0 Å². The molecule has 0 atom stereocenters. The van der Waals surface area contributed by atoms with Gasteiger partial charge in [-0.25, -0.2) is 0 Å². The van der Waals surface area contributed by atoms with Gasteiger partial charge in [-0.05, 0) is 71.8 Å². The van der Waals surface area contributed by atoms with Gasteiger partial charge in [-0.3, -0.25) is 0 Å². The molecule has 9 rings (SSSR count). The van der Waals surface area contributed by atoms with Crippen LogP contribution in [0.4, 0.5) is 11.4 Å². The van der Waals surface area contributed by atoms with E-state index in [4.69, 9.17) is 4.42 Å². The first-order chi connectivity index (χ1) is 22.3. The highest BCUT2D eigenvalue weighted by Crippen LogP contribution is 2.42. The van der Waals surface area contributed by atoms with E-state index in [-0.39, 0.29) is 0 Å². The molecule has 0 aliphatic heterocycles. The number of fused-ring (bicyclic) bond motifs is 6. The fourth-order valence-electron chi connectivity index (χ4n) is 6.70. The highest BCUT2D eigenvalue weighted by Gasteiger charge is 2.17. The lowest BCUT2D eigenvalue weighted by atomic mass is 9.95. The van der Waals surface area contributed by atoms with Crippen LogP contribution in [0.5, 0.6) is 0 Å². The Morgan fingerprint density at radius 3 is 1.98 bits per heavy atom. The molecule has 3 nitrogen and oxygen atoms in total. The fourth-order valence-corrected chi connectivity index (χ4v) is 6.70. The maximum absolute atomic E-state index is 6.51. The molecule has 3 heteroatoms. The number of benzene rings is 7. The van der Waals surface area contributed by atoms with Crippen molar-refractivity contribution in [2.24, 2.45) is 0 Å². The van der Waals surface area contributed by atoms with Gasteiger partial charge in [0.05, 0.1) is 11.0 Å². The lowest BCUT2D eigenvalue weighted by Crippen LogP contribution is -1.95. The van der Waals surface area contributed by atoms with Crippen LogP contribution >= 0.6 is 0 Å². The largest absolute Gasteiger partial charge is 0.455 e. The number of aromatic nitrogens is 1. The third-order valence-corrected chi connectivity index (χ3v) is 8.79. The molecule has 0 saturated heterocycles. The smallest absolute Gasteiger partial charge is 0.143 e. The number of nitrogens with zero attached hydrogens (tertiary/aromatic N) is 1. The molecule has 0 aliphatic rings. The molecule has 2 heterocycles. The van der Waals surface area contributed by atoms with Crippen LogP contribution in [0.25, 0.3) is 71.7 Å². The van der Waals surface area contributed by atoms with Gasteiger partial charge in [0.2, 0.25) is 0 Å². The minimum absolute atomic E-state index is 0.897. The molecule has 0 amide bonds. The molecule has 0 spiro atoms. The van der Waals surface area contributed by atoms with Crippen LogP contribution in [0, 0.1) is 0 Å². The second kappa shape index (κ2) is 10.3. The molecule has 0 bridgehead atoms. The molecule has 0 saturated carbocycles. The summed E-state index contributed by atoms with van der Waals surface area (Å²) < 4.78 is 8.87. The van der Waals surface area contributed by atoms with Crippen molar-refractivity contribution in [3.05, 3.63) is 164 Å². The van der Waals surface area contributed by atoms with Gasteiger partial charge in [0.1, 0.15) is 11.2 Å². The second-order valence-electron chi connectivity index (χ2n) is 11.5. The van der Waals surface area contributed by atoms with E-state index in [1.807, 2.05) is 18.2 Å². The van der Waals surface area contributed by atoms with E-state index < -0.39 is 0 Å². The maximum atomic E-state index is 6.51. The van der Waals surface area contributed by atoms with Crippen molar-refractivity contribution in [3.63, 3.8) is 0 Å². The average Bonchev–Trinajstić information content (AvgIpc) is 3.65. The lowest BCUT2D eigenvalue weighted by molar-refractivity contribution is 0.670. The second-order valence-corrected chi connectivity index (χ2v) is 11.5. The number of rotatable bonds is 5. The molecule has 45 heavy (non-hydrogen) atoms. The molecule has 2 aromatic heterocycles. The summed E-state index contributed by atoms with van der Waals surface area (Å²) in [6.07, 6.45) is 0. The summed E-state index contributed by atoms with van der Waals surface area (Å²) in [7, 11) is 0. The predicted molar refractivity (Wildman–Crippen MR) is 189 cm³/mol. The summed E-state index contributed by atoms with van der Waals surface area (Å²) in [5.74, 6) is 0. The third kappa shape index (κ3) is 4.21. The Kier molecular flexibility index (Phi) is 5.82. The van der Waals surface area contributed by atoms with Gasteiger partial charge in [-0.15, -0.1) is 0 Å². The SMILES string of the molecule is c1ccc(Nc2ccc(-c3ccc4c(c3)c3ccccc3n4-c3ccccc3)cc2-c2cccc3c2oc2ccccc23)cc1. The lowest BCUT2D eigenvalue weighted by Gasteiger charge is -2.15. The Hall–Kier alpha value is -6.06. The van der Waals surface area contributed by atoms with E-state index in [0.29, 0.717) is 0 Å². The van der Waals surface area contributed by atoms with E-state index >= 15 is 0 Å². The Labute approximate surface area is 260 Å². The molecule has 7 aromatic carbocycles. The molecular weight excluding hydrogens is 548 g/mol. The summed E-state index contributed by atoms with van der Waals surface area (Å²) in [4.78, 5) is 0. The zero-order chi connectivity index (χ0) is 29.7. The van der Waals surface area contributed by atoms with Gasteiger partial charge in [0.15, 0.2) is 0 Å². The van der Waals surface area contributed by atoms with Crippen molar-refractivity contribution in [1.29, 1.82) is 0 Å². The molecule has 9 aromatic rings. The van der Waals surface area contributed by atoms with Crippen LogP contribution in [0.2, 0.25) is 0 Å². The Morgan fingerprint density at radius 2 is 1.11 bits per heavy atom. The summed E-state index contributed by atoms with van der Waals surface area (Å²) in [5, 5.41) is 8.41. The maximum Gasteiger partial charge on any atom is 0.143 e. The zero-order valence-electron chi connectivity index (χ0n) is 24.4. The summed E-state index contributed by atoms with van der Waals surface area (Å²) in [5.41, 5.74) is 11.9. The molecule has 0 radical (unpaired) electrons. The van der Waals surface area contributed by atoms with Crippen LogP contribution in [-0.2, 0) is 0 Å².